The predicted molar refractivity (Wildman–Crippen MR) is 100 cm³/mol. The van der Waals surface area contributed by atoms with Crippen LogP contribution in [0.25, 0.3) is 10.8 Å². The first-order chi connectivity index (χ1) is 10.8. The van der Waals surface area contributed by atoms with Gasteiger partial charge in [0.25, 0.3) is 0 Å². The average molecular weight is 447 g/mol. The Morgan fingerprint density at radius 2 is 1.78 bits per heavy atom. The van der Waals surface area contributed by atoms with Gasteiger partial charge in [0, 0.05) is 5.39 Å². The lowest BCUT2D eigenvalue weighted by atomic mass is 10.1. The third-order valence-corrected chi connectivity index (χ3v) is 5.57. The van der Waals surface area contributed by atoms with Gasteiger partial charge in [0.15, 0.2) is 0 Å². The molecule has 2 aromatic rings. The molecule has 0 spiro atoms. The number of rotatable bonds is 6. The van der Waals surface area contributed by atoms with Crippen LogP contribution in [0.3, 0.4) is 0 Å². The molecule has 0 aromatic heterocycles. The Labute approximate surface area is 148 Å². The molecular weight excluding hydrogens is 428 g/mol. The minimum atomic E-state index is -3.25. The van der Waals surface area contributed by atoms with Gasteiger partial charge in [0.1, 0.15) is 11.8 Å². The quantitative estimate of drug-likeness (QED) is 0.396. The monoisotopic (exact) mass is 447 g/mol. The Morgan fingerprint density at radius 1 is 1.13 bits per heavy atom. The molecule has 0 radical (unpaired) electrons. The molecule has 0 aliphatic heterocycles. The summed E-state index contributed by atoms with van der Waals surface area (Å²) >= 11 is 1.71. The SMILES string of the molecule is CC(C)OC(=O)[C@H](C)NP(=O)(I)Oc1cccc2ccccc12. The van der Waals surface area contributed by atoms with Crippen LogP contribution in [0.2, 0.25) is 0 Å². The van der Waals surface area contributed by atoms with E-state index in [-0.39, 0.29) is 6.10 Å². The van der Waals surface area contributed by atoms with Crippen molar-refractivity contribution in [1.29, 1.82) is 0 Å². The van der Waals surface area contributed by atoms with E-state index in [1.807, 2.05) is 36.4 Å². The van der Waals surface area contributed by atoms with Gasteiger partial charge in [-0.25, -0.2) is 9.65 Å². The third kappa shape index (κ3) is 5.19. The average Bonchev–Trinajstić information content (AvgIpc) is 2.46. The summed E-state index contributed by atoms with van der Waals surface area (Å²) in [5.41, 5.74) is 0. The lowest BCUT2D eigenvalue weighted by molar-refractivity contribution is -0.148. The molecule has 2 rings (SSSR count). The highest BCUT2D eigenvalue weighted by atomic mass is 127. The van der Waals surface area contributed by atoms with Crippen molar-refractivity contribution in [2.75, 3.05) is 0 Å². The van der Waals surface area contributed by atoms with E-state index in [4.69, 9.17) is 9.26 Å². The minimum absolute atomic E-state index is 0.223. The molecule has 0 amide bonds. The summed E-state index contributed by atoms with van der Waals surface area (Å²) in [5.74, 6) is 0.0520. The summed E-state index contributed by atoms with van der Waals surface area (Å²) in [7, 11) is 0. The van der Waals surface area contributed by atoms with Gasteiger partial charge in [0.05, 0.1) is 28.1 Å². The van der Waals surface area contributed by atoms with Crippen molar-refractivity contribution in [1.82, 2.24) is 5.09 Å². The van der Waals surface area contributed by atoms with E-state index >= 15 is 0 Å². The van der Waals surface area contributed by atoms with E-state index in [0.717, 1.165) is 10.8 Å². The van der Waals surface area contributed by atoms with Crippen molar-refractivity contribution in [3.05, 3.63) is 42.5 Å². The zero-order valence-electron chi connectivity index (χ0n) is 13.2. The number of benzene rings is 2. The van der Waals surface area contributed by atoms with E-state index in [2.05, 4.69) is 5.09 Å². The molecule has 0 aliphatic carbocycles. The molecule has 23 heavy (non-hydrogen) atoms. The topological polar surface area (TPSA) is 64.6 Å². The highest BCUT2D eigenvalue weighted by molar-refractivity contribution is 14.2. The molecule has 2 aromatic carbocycles. The van der Waals surface area contributed by atoms with E-state index in [1.54, 1.807) is 48.9 Å². The van der Waals surface area contributed by atoms with Crippen LogP contribution >= 0.6 is 27.2 Å². The number of hydrogen-bond donors (Lipinski definition) is 1. The van der Waals surface area contributed by atoms with E-state index in [9.17, 15) is 9.36 Å². The fraction of sp³-hybridized carbons (Fsp3) is 0.312. The van der Waals surface area contributed by atoms with Gasteiger partial charge in [-0.15, -0.1) is 0 Å². The Hall–Kier alpha value is -1.11. The molecule has 1 unspecified atom stereocenters. The van der Waals surface area contributed by atoms with Gasteiger partial charge >= 0.3 is 11.1 Å². The first-order valence-corrected chi connectivity index (χ1v) is 11.6. The Balaban J connectivity index is 2.14. The molecule has 1 N–H and O–H groups in total. The van der Waals surface area contributed by atoms with Crippen LogP contribution in [0.1, 0.15) is 20.8 Å². The number of carbonyl (C=O) groups excluding carboxylic acids is 1. The normalized spacial score (nSPS) is 15.2. The predicted octanol–water partition coefficient (Wildman–Crippen LogP) is 4.69. The van der Waals surface area contributed by atoms with E-state index in [0.29, 0.717) is 5.75 Å². The van der Waals surface area contributed by atoms with Crippen LogP contribution in [-0.2, 0) is 14.1 Å². The van der Waals surface area contributed by atoms with Crippen molar-refractivity contribution in [2.45, 2.75) is 32.9 Å². The smallest absolute Gasteiger partial charge is 0.374 e. The summed E-state index contributed by atoms with van der Waals surface area (Å²) < 4.78 is 23.4. The van der Waals surface area contributed by atoms with Gasteiger partial charge in [-0.1, -0.05) is 36.4 Å². The Bertz CT molecular complexity index is 744. The standard InChI is InChI=1S/C16H19INO4P/c1-11(2)21-16(19)12(3)18-23(17,20)22-15-10-6-8-13-7-4-5-9-14(13)15/h4-12H,1-3H3,(H,18,20)/t12-,23?/m0/s1. The van der Waals surface area contributed by atoms with Gasteiger partial charge in [-0.2, -0.15) is 0 Å². The number of ether oxygens (including phenoxy) is 1. The van der Waals surface area contributed by atoms with Crippen LogP contribution in [0.4, 0.5) is 0 Å². The molecule has 5 nitrogen and oxygen atoms in total. The van der Waals surface area contributed by atoms with Crippen LogP contribution < -0.4 is 9.61 Å². The van der Waals surface area contributed by atoms with Crippen LogP contribution in [0.5, 0.6) is 5.75 Å². The van der Waals surface area contributed by atoms with Crippen molar-refractivity contribution >= 4 is 43.9 Å². The van der Waals surface area contributed by atoms with Gasteiger partial charge < -0.3 is 9.26 Å². The van der Waals surface area contributed by atoms with Crippen molar-refractivity contribution in [3.63, 3.8) is 0 Å². The van der Waals surface area contributed by atoms with E-state index in [1.165, 1.54) is 0 Å². The van der Waals surface area contributed by atoms with Crippen LogP contribution in [-0.4, -0.2) is 18.1 Å². The maximum atomic E-state index is 12.7. The maximum Gasteiger partial charge on any atom is 0.374 e. The third-order valence-electron chi connectivity index (χ3n) is 3.02. The minimum Gasteiger partial charge on any atom is -0.462 e. The van der Waals surface area contributed by atoms with Gasteiger partial charge in [-0.05, 0) is 32.2 Å². The molecule has 2 atom stereocenters. The molecule has 0 heterocycles. The number of fused-ring (bicyclic) bond motifs is 1. The second kappa shape index (κ2) is 7.64. The first kappa shape index (κ1) is 18.2. The largest absolute Gasteiger partial charge is 0.462 e. The van der Waals surface area contributed by atoms with Crippen LogP contribution in [0.15, 0.2) is 42.5 Å². The fourth-order valence-electron chi connectivity index (χ4n) is 2.05. The van der Waals surface area contributed by atoms with E-state index < -0.39 is 17.2 Å². The van der Waals surface area contributed by atoms with Gasteiger partial charge in [-0.3, -0.25) is 4.79 Å². The Morgan fingerprint density at radius 3 is 2.48 bits per heavy atom. The highest BCUT2D eigenvalue weighted by Gasteiger charge is 2.28. The first-order valence-electron chi connectivity index (χ1n) is 7.24. The lowest BCUT2D eigenvalue weighted by Crippen LogP contribution is -2.34. The van der Waals surface area contributed by atoms with Crippen molar-refractivity contribution in [2.24, 2.45) is 0 Å². The lowest BCUT2D eigenvalue weighted by Gasteiger charge is -2.20. The molecule has 0 aliphatic rings. The Kier molecular flexibility index (Phi) is 6.06. The molecule has 0 saturated heterocycles. The second-order valence-electron chi connectivity index (χ2n) is 5.38. The summed E-state index contributed by atoms with van der Waals surface area (Å²) in [6, 6.07) is 12.5. The molecule has 0 fully saturated rings. The number of nitrogens with one attached hydrogen (secondary N) is 1. The maximum absolute atomic E-state index is 12.7. The molecule has 0 saturated carbocycles. The number of hydrogen-bond acceptors (Lipinski definition) is 4. The molecule has 7 heteroatoms. The van der Waals surface area contributed by atoms with Gasteiger partial charge in [0.2, 0.25) is 0 Å². The second-order valence-corrected chi connectivity index (χ2v) is 10.6. The zero-order chi connectivity index (χ0) is 17.0. The highest BCUT2D eigenvalue weighted by Crippen LogP contribution is 2.52. The summed E-state index contributed by atoms with van der Waals surface area (Å²) in [5, 5.41) is 1.33. The zero-order valence-corrected chi connectivity index (χ0v) is 16.2. The molecular formula is C16H19INO4P. The summed E-state index contributed by atoms with van der Waals surface area (Å²) in [6.45, 7) is 5.13. The number of esters is 1. The van der Waals surface area contributed by atoms with Crippen molar-refractivity contribution in [3.8, 4) is 5.75 Å². The van der Waals surface area contributed by atoms with Crippen molar-refractivity contribution < 1.29 is 18.6 Å². The summed E-state index contributed by atoms with van der Waals surface area (Å²) in [6.07, 6.45) is -0.223. The number of halogens is 1. The molecule has 124 valence electrons. The summed E-state index contributed by atoms with van der Waals surface area (Å²) in [4.78, 5) is 11.8. The fourth-order valence-corrected chi connectivity index (χ4v) is 4.97. The number of carbonyl (C=O) groups is 1. The van der Waals surface area contributed by atoms with Crippen LogP contribution in [0, 0.1) is 0 Å². The molecule has 0 bridgehead atoms.